The Bertz CT molecular complexity index is 1170. The molecule has 4 rings (SSSR count). The SMILES string of the molecule is CCOc1cc2c(cc1CNC(=O)Cc1nn(C)c(=O)c3ccccc13)O[C@H](C)C2. The summed E-state index contributed by atoms with van der Waals surface area (Å²) in [5, 5.41) is 8.50. The van der Waals surface area contributed by atoms with Gasteiger partial charge in [0.05, 0.1) is 24.1 Å². The Kier molecular flexibility index (Phi) is 5.44. The Morgan fingerprint density at radius 1 is 1.30 bits per heavy atom. The highest BCUT2D eigenvalue weighted by Gasteiger charge is 2.22. The van der Waals surface area contributed by atoms with Crippen molar-refractivity contribution < 1.29 is 14.3 Å². The third-order valence-electron chi connectivity index (χ3n) is 5.22. The summed E-state index contributed by atoms with van der Waals surface area (Å²) in [6.45, 7) is 4.84. The molecule has 0 fully saturated rings. The Labute approximate surface area is 174 Å². The lowest BCUT2D eigenvalue weighted by atomic mass is 10.1. The van der Waals surface area contributed by atoms with Gasteiger partial charge in [-0.2, -0.15) is 5.10 Å². The molecule has 156 valence electrons. The molecule has 1 N–H and O–H groups in total. The summed E-state index contributed by atoms with van der Waals surface area (Å²) in [6.07, 6.45) is 1.08. The first-order valence-corrected chi connectivity index (χ1v) is 10.1. The second-order valence-corrected chi connectivity index (χ2v) is 7.51. The number of nitrogens with one attached hydrogen (secondary N) is 1. The molecule has 3 aromatic rings. The van der Waals surface area contributed by atoms with Crippen molar-refractivity contribution in [2.24, 2.45) is 7.05 Å². The van der Waals surface area contributed by atoms with E-state index in [-0.39, 0.29) is 24.0 Å². The minimum absolute atomic E-state index is 0.0804. The molecule has 1 aliphatic rings. The second-order valence-electron chi connectivity index (χ2n) is 7.51. The number of fused-ring (bicyclic) bond motifs is 2. The number of aromatic nitrogens is 2. The number of carbonyl (C=O) groups excluding carboxylic acids is 1. The molecule has 0 saturated heterocycles. The molecular weight excluding hydrogens is 382 g/mol. The van der Waals surface area contributed by atoms with E-state index in [2.05, 4.69) is 10.4 Å². The van der Waals surface area contributed by atoms with Gasteiger partial charge in [-0.15, -0.1) is 0 Å². The van der Waals surface area contributed by atoms with Crippen LogP contribution in [0.15, 0.2) is 41.2 Å². The Morgan fingerprint density at radius 3 is 2.83 bits per heavy atom. The summed E-state index contributed by atoms with van der Waals surface area (Å²) in [7, 11) is 1.59. The molecular formula is C23H25N3O4. The highest BCUT2D eigenvalue weighted by Crippen LogP contribution is 2.35. The van der Waals surface area contributed by atoms with Gasteiger partial charge in [0.2, 0.25) is 5.91 Å². The highest BCUT2D eigenvalue weighted by atomic mass is 16.5. The minimum atomic E-state index is -0.177. The molecule has 0 radical (unpaired) electrons. The maximum Gasteiger partial charge on any atom is 0.274 e. The number of benzene rings is 2. The van der Waals surface area contributed by atoms with Gasteiger partial charge in [0.15, 0.2) is 0 Å². The normalized spacial score (nSPS) is 15.0. The fraction of sp³-hybridized carbons (Fsp3) is 0.348. The van der Waals surface area contributed by atoms with E-state index in [9.17, 15) is 9.59 Å². The van der Waals surface area contributed by atoms with Crippen LogP contribution in [0.4, 0.5) is 0 Å². The Morgan fingerprint density at radius 2 is 2.07 bits per heavy atom. The molecule has 7 nitrogen and oxygen atoms in total. The molecule has 0 saturated carbocycles. The quantitative estimate of drug-likeness (QED) is 0.679. The second kappa shape index (κ2) is 8.18. The van der Waals surface area contributed by atoms with Crippen LogP contribution in [-0.2, 0) is 31.2 Å². The average molecular weight is 407 g/mol. The van der Waals surface area contributed by atoms with Gasteiger partial charge in [0.1, 0.15) is 17.6 Å². The standard InChI is InChI=1S/C23H25N3O4/c1-4-29-20-10-15-9-14(2)30-21(15)11-16(20)13-24-22(27)12-19-17-7-5-6-8-18(17)23(28)26(3)25-19/h5-8,10-11,14H,4,9,12-13H2,1-3H3,(H,24,27)/t14-/m1/s1. The maximum absolute atomic E-state index is 12.7. The van der Waals surface area contributed by atoms with E-state index in [1.807, 2.05) is 38.1 Å². The van der Waals surface area contributed by atoms with Gasteiger partial charge in [-0.25, -0.2) is 4.68 Å². The number of hydrogen-bond acceptors (Lipinski definition) is 5. The monoisotopic (exact) mass is 407 g/mol. The van der Waals surface area contributed by atoms with Crippen LogP contribution in [0.2, 0.25) is 0 Å². The summed E-state index contributed by atoms with van der Waals surface area (Å²) in [4.78, 5) is 24.9. The van der Waals surface area contributed by atoms with Crippen LogP contribution in [0, 0.1) is 0 Å². The molecule has 0 bridgehead atoms. The van der Waals surface area contributed by atoms with Crippen LogP contribution >= 0.6 is 0 Å². The van der Waals surface area contributed by atoms with E-state index >= 15 is 0 Å². The van der Waals surface area contributed by atoms with E-state index in [0.717, 1.165) is 29.0 Å². The lowest BCUT2D eigenvalue weighted by Gasteiger charge is -2.14. The van der Waals surface area contributed by atoms with E-state index in [4.69, 9.17) is 9.47 Å². The van der Waals surface area contributed by atoms with Gasteiger partial charge in [-0.3, -0.25) is 9.59 Å². The van der Waals surface area contributed by atoms with Crippen molar-refractivity contribution in [3.8, 4) is 11.5 Å². The largest absolute Gasteiger partial charge is 0.494 e. The predicted octanol–water partition coefficient (Wildman–Crippen LogP) is 2.51. The van der Waals surface area contributed by atoms with Crippen molar-refractivity contribution in [2.45, 2.75) is 39.3 Å². The number of carbonyl (C=O) groups is 1. The molecule has 1 atom stereocenters. The van der Waals surface area contributed by atoms with E-state index in [0.29, 0.717) is 29.6 Å². The molecule has 1 amide bonds. The first-order valence-electron chi connectivity index (χ1n) is 10.1. The zero-order chi connectivity index (χ0) is 21.3. The smallest absolute Gasteiger partial charge is 0.274 e. The van der Waals surface area contributed by atoms with E-state index < -0.39 is 0 Å². The number of nitrogens with zero attached hydrogens (tertiary/aromatic N) is 2. The molecule has 1 aromatic heterocycles. The highest BCUT2D eigenvalue weighted by molar-refractivity contribution is 5.88. The summed E-state index contributed by atoms with van der Waals surface area (Å²) in [5.41, 5.74) is 2.39. The first kappa shape index (κ1) is 19.9. The summed E-state index contributed by atoms with van der Waals surface area (Å²) < 4.78 is 12.9. The van der Waals surface area contributed by atoms with Gasteiger partial charge < -0.3 is 14.8 Å². The molecule has 2 heterocycles. The number of hydrogen-bond donors (Lipinski definition) is 1. The van der Waals surface area contributed by atoms with Crippen molar-refractivity contribution in [1.82, 2.24) is 15.1 Å². The van der Waals surface area contributed by atoms with Gasteiger partial charge in [0, 0.05) is 36.5 Å². The molecule has 1 aliphatic heterocycles. The predicted molar refractivity (Wildman–Crippen MR) is 114 cm³/mol. The van der Waals surface area contributed by atoms with Crippen LogP contribution in [0.25, 0.3) is 10.8 Å². The first-order chi connectivity index (χ1) is 14.5. The molecule has 0 aliphatic carbocycles. The van der Waals surface area contributed by atoms with Crippen molar-refractivity contribution >= 4 is 16.7 Å². The Balaban J connectivity index is 1.53. The fourth-order valence-corrected chi connectivity index (χ4v) is 3.82. The third-order valence-corrected chi connectivity index (χ3v) is 5.22. The topological polar surface area (TPSA) is 82.5 Å². The number of rotatable bonds is 6. The van der Waals surface area contributed by atoms with E-state index in [1.165, 1.54) is 4.68 Å². The third kappa shape index (κ3) is 3.87. The lowest BCUT2D eigenvalue weighted by molar-refractivity contribution is -0.120. The van der Waals surface area contributed by atoms with Crippen molar-refractivity contribution in [2.75, 3.05) is 6.61 Å². The van der Waals surface area contributed by atoms with Crippen molar-refractivity contribution in [3.05, 3.63) is 63.6 Å². The summed E-state index contributed by atoms with van der Waals surface area (Å²) in [5.74, 6) is 1.43. The average Bonchev–Trinajstić information content (AvgIpc) is 3.09. The van der Waals surface area contributed by atoms with E-state index in [1.54, 1.807) is 19.2 Å². The molecule has 30 heavy (non-hydrogen) atoms. The number of aryl methyl sites for hydroxylation is 1. The lowest BCUT2D eigenvalue weighted by Crippen LogP contribution is -2.28. The molecule has 7 heteroatoms. The van der Waals surface area contributed by atoms with Crippen molar-refractivity contribution in [1.29, 1.82) is 0 Å². The molecule has 0 spiro atoms. The van der Waals surface area contributed by atoms with Crippen LogP contribution in [0.5, 0.6) is 11.5 Å². The van der Waals surface area contributed by atoms with Gasteiger partial charge in [0.25, 0.3) is 5.56 Å². The summed E-state index contributed by atoms with van der Waals surface area (Å²) >= 11 is 0. The molecule has 0 unspecified atom stereocenters. The van der Waals surface area contributed by atoms with Crippen LogP contribution in [-0.4, -0.2) is 28.4 Å². The zero-order valence-corrected chi connectivity index (χ0v) is 17.4. The van der Waals surface area contributed by atoms with Gasteiger partial charge >= 0.3 is 0 Å². The van der Waals surface area contributed by atoms with Gasteiger partial charge in [-0.1, -0.05) is 18.2 Å². The fourth-order valence-electron chi connectivity index (χ4n) is 3.82. The van der Waals surface area contributed by atoms with Crippen LogP contribution in [0.3, 0.4) is 0 Å². The Hall–Kier alpha value is -3.35. The number of amides is 1. The maximum atomic E-state index is 12.7. The summed E-state index contributed by atoms with van der Waals surface area (Å²) in [6, 6.07) is 11.2. The number of ether oxygens (including phenoxy) is 2. The minimum Gasteiger partial charge on any atom is -0.494 e. The zero-order valence-electron chi connectivity index (χ0n) is 17.4. The van der Waals surface area contributed by atoms with Crippen LogP contribution in [0.1, 0.15) is 30.7 Å². The van der Waals surface area contributed by atoms with Crippen molar-refractivity contribution in [3.63, 3.8) is 0 Å². The van der Waals surface area contributed by atoms with Crippen LogP contribution < -0.4 is 20.3 Å². The van der Waals surface area contributed by atoms with Gasteiger partial charge in [-0.05, 0) is 32.0 Å². The molecule has 2 aromatic carbocycles.